The highest BCUT2D eigenvalue weighted by molar-refractivity contribution is 5.14. The van der Waals surface area contributed by atoms with Crippen molar-refractivity contribution in [2.24, 2.45) is 0 Å². The Kier molecular flexibility index (Phi) is 1.39. The van der Waals surface area contributed by atoms with Crippen molar-refractivity contribution in [2.75, 3.05) is 0 Å². The fraction of sp³-hybridized carbons (Fsp3) is 0.222. The molecule has 1 aliphatic rings. The van der Waals surface area contributed by atoms with Crippen LogP contribution in [0.5, 0.6) is 5.75 Å². The first-order valence-corrected chi connectivity index (χ1v) is 3.70. The fourth-order valence-electron chi connectivity index (χ4n) is 1.30. The molecule has 0 radical (unpaired) electrons. The summed E-state index contributed by atoms with van der Waals surface area (Å²) in [6.45, 7) is 0.839. The van der Waals surface area contributed by atoms with Crippen LogP contribution in [0.1, 0.15) is 5.69 Å². The van der Waals surface area contributed by atoms with Crippen LogP contribution >= 0.6 is 0 Å². The molecular formula is C9H9NO. The lowest BCUT2D eigenvalue weighted by atomic mass is 10.2. The molecule has 0 amide bonds. The van der Waals surface area contributed by atoms with E-state index in [0.717, 1.165) is 13.0 Å². The zero-order valence-corrected chi connectivity index (χ0v) is 6.16. The van der Waals surface area contributed by atoms with Gasteiger partial charge < -0.3 is 5.11 Å². The lowest BCUT2D eigenvalue weighted by Gasteiger charge is -2.08. The third kappa shape index (κ3) is 1.11. The second kappa shape index (κ2) is 2.38. The molecule has 0 atom stereocenters. The molecule has 0 aromatic carbocycles. The normalized spacial score (nSPS) is 14.5. The van der Waals surface area contributed by atoms with Crippen molar-refractivity contribution in [3.63, 3.8) is 0 Å². The maximum atomic E-state index is 10.9. The van der Waals surface area contributed by atoms with E-state index in [4.69, 9.17) is 0 Å². The van der Waals surface area contributed by atoms with Crippen molar-refractivity contribution in [2.45, 2.75) is 13.0 Å². The Balaban J connectivity index is 2.48. The number of rotatable bonds is 0. The highest BCUT2D eigenvalue weighted by Gasteiger charge is 2.09. The van der Waals surface area contributed by atoms with Gasteiger partial charge in [0.25, 0.3) is 0 Å². The van der Waals surface area contributed by atoms with Gasteiger partial charge in [-0.15, -0.1) is 0 Å². The number of nitrogens with zero attached hydrogens (tertiary/aromatic N) is 1. The quantitative estimate of drug-likeness (QED) is 0.379. The summed E-state index contributed by atoms with van der Waals surface area (Å²) >= 11 is 0. The molecule has 0 spiro atoms. The van der Waals surface area contributed by atoms with Crippen LogP contribution in [0, 0.1) is 0 Å². The Morgan fingerprint density at radius 1 is 1.27 bits per heavy atom. The summed E-state index contributed by atoms with van der Waals surface area (Å²) in [5.74, 6) is 0.0871. The van der Waals surface area contributed by atoms with E-state index < -0.39 is 0 Å². The molecule has 0 fully saturated rings. The Bertz CT molecular complexity index is 304. The SMILES string of the molecule is [O-]c1ccc2[n+](c1)CC=CC2. The molecule has 0 saturated heterocycles. The van der Waals surface area contributed by atoms with E-state index >= 15 is 0 Å². The van der Waals surface area contributed by atoms with Gasteiger partial charge in [-0.05, 0) is 11.8 Å². The Morgan fingerprint density at radius 3 is 3.09 bits per heavy atom. The zero-order valence-electron chi connectivity index (χ0n) is 6.16. The molecule has 0 unspecified atom stereocenters. The molecule has 2 rings (SSSR count). The number of allylic oxidation sites excluding steroid dienone is 2. The first-order valence-electron chi connectivity index (χ1n) is 3.70. The molecule has 2 nitrogen and oxygen atoms in total. The van der Waals surface area contributed by atoms with E-state index in [9.17, 15) is 5.11 Å². The van der Waals surface area contributed by atoms with Crippen LogP contribution in [-0.2, 0) is 13.0 Å². The second-order valence-corrected chi connectivity index (χ2v) is 2.68. The molecule has 1 aromatic rings. The maximum absolute atomic E-state index is 10.9. The lowest BCUT2D eigenvalue weighted by Crippen LogP contribution is -2.39. The van der Waals surface area contributed by atoms with Crippen LogP contribution in [-0.4, -0.2) is 0 Å². The smallest absolute Gasteiger partial charge is 0.185 e. The minimum atomic E-state index is 0.0871. The van der Waals surface area contributed by atoms with Crippen LogP contribution in [0.15, 0.2) is 30.5 Å². The van der Waals surface area contributed by atoms with Crippen molar-refractivity contribution in [1.82, 2.24) is 0 Å². The Labute approximate surface area is 65.4 Å². The third-order valence-electron chi connectivity index (χ3n) is 1.89. The number of fused-ring (bicyclic) bond motifs is 1. The molecule has 0 aliphatic carbocycles. The Hall–Kier alpha value is -1.31. The number of aromatic nitrogens is 1. The summed E-state index contributed by atoms with van der Waals surface area (Å²) in [7, 11) is 0. The maximum Gasteiger partial charge on any atom is 0.185 e. The second-order valence-electron chi connectivity index (χ2n) is 2.68. The molecule has 1 aliphatic heterocycles. The molecule has 0 N–H and O–H groups in total. The number of pyridine rings is 1. The van der Waals surface area contributed by atoms with Gasteiger partial charge in [-0.2, -0.15) is 4.57 Å². The van der Waals surface area contributed by atoms with Crippen molar-refractivity contribution in [3.8, 4) is 5.75 Å². The van der Waals surface area contributed by atoms with Gasteiger partial charge in [0.1, 0.15) is 0 Å². The molecule has 11 heavy (non-hydrogen) atoms. The first kappa shape index (κ1) is 6.40. The topological polar surface area (TPSA) is 26.9 Å². The monoisotopic (exact) mass is 147 g/mol. The summed E-state index contributed by atoms with van der Waals surface area (Å²) in [6.07, 6.45) is 6.80. The van der Waals surface area contributed by atoms with Gasteiger partial charge in [0, 0.05) is 6.07 Å². The van der Waals surface area contributed by atoms with Crippen molar-refractivity contribution < 1.29 is 9.67 Å². The van der Waals surface area contributed by atoms with E-state index in [2.05, 4.69) is 12.2 Å². The molecular weight excluding hydrogens is 138 g/mol. The molecule has 0 bridgehead atoms. The van der Waals surface area contributed by atoms with E-state index in [0.29, 0.717) is 0 Å². The van der Waals surface area contributed by atoms with E-state index in [-0.39, 0.29) is 5.75 Å². The van der Waals surface area contributed by atoms with Gasteiger partial charge in [-0.3, -0.25) is 0 Å². The predicted molar refractivity (Wildman–Crippen MR) is 38.9 cm³/mol. The highest BCUT2D eigenvalue weighted by atomic mass is 16.3. The molecule has 2 heteroatoms. The molecule has 56 valence electrons. The average molecular weight is 147 g/mol. The largest absolute Gasteiger partial charge is 0.868 e. The minimum Gasteiger partial charge on any atom is -0.868 e. The van der Waals surface area contributed by atoms with Gasteiger partial charge in [-0.25, -0.2) is 0 Å². The summed E-state index contributed by atoms with van der Waals surface area (Å²) < 4.78 is 1.99. The summed E-state index contributed by atoms with van der Waals surface area (Å²) in [4.78, 5) is 0. The summed E-state index contributed by atoms with van der Waals surface area (Å²) in [5.41, 5.74) is 1.21. The summed E-state index contributed by atoms with van der Waals surface area (Å²) in [5, 5.41) is 10.9. The number of hydrogen-bond acceptors (Lipinski definition) is 1. The molecule has 1 aromatic heterocycles. The van der Waals surface area contributed by atoms with Gasteiger partial charge in [-0.1, -0.05) is 12.1 Å². The van der Waals surface area contributed by atoms with Crippen LogP contribution in [0.3, 0.4) is 0 Å². The van der Waals surface area contributed by atoms with Crippen LogP contribution in [0.25, 0.3) is 0 Å². The van der Waals surface area contributed by atoms with Gasteiger partial charge in [0.05, 0.1) is 6.42 Å². The Morgan fingerprint density at radius 2 is 2.18 bits per heavy atom. The molecule has 2 heterocycles. The van der Waals surface area contributed by atoms with E-state index in [1.165, 1.54) is 5.69 Å². The van der Waals surface area contributed by atoms with Gasteiger partial charge >= 0.3 is 0 Å². The van der Waals surface area contributed by atoms with E-state index in [1.54, 1.807) is 12.3 Å². The van der Waals surface area contributed by atoms with Crippen molar-refractivity contribution >= 4 is 0 Å². The number of hydrogen-bond donors (Lipinski definition) is 0. The zero-order chi connectivity index (χ0) is 7.68. The van der Waals surface area contributed by atoms with Crippen LogP contribution in [0.4, 0.5) is 0 Å². The first-order chi connectivity index (χ1) is 5.36. The van der Waals surface area contributed by atoms with E-state index in [1.807, 2.05) is 10.6 Å². The highest BCUT2D eigenvalue weighted by Crippen LogP contribution is 2.04. The third-order valence-corrected chi connectivity index (χ3v) is 1.89. The standard InChI is InChI=1S/C9H9NO/c11-9-5-4-8-3-1-2-6-10(8)7-9/h1-2,4-5,7H,3,6H2. The van der Waals surface area contributed by atoms with Gasteiger partial charge in [0.2, 0.25) is 0 Å². The lowest BCUT2D eigenvalue weighted by molar-refractivity contribution is -0.697. The fourth-order valence-corrected chi connectivity index (χ4v) is 1.30. The molecule has 0 saturated carbocycles. The predicted octanol–water partition coefficient (Wildman–Crippen LogP) is 0.160. The van der Waals surface area contributed by atoms with Gasteiger partial charge in [0.15, 0.2) is 18.4 Å². The summed E-state index contributed by atoms with van der Waals surface area (Å²) in [6, 6.07) is 3.51. The van der Waals surface area contributed by atoms with Crippen molar-refractivity contribution in [3.05, 3.63) is 36.2 Å². The van der Waals surface area contributed by atoms with Crippen molar-refractivity contribution in [1.29, 1.82) is 0 Å². The average Bonchev–Trinajstić information content (AvgIpc) is 2.04. The van der Waals surface area contributed by atoms with Crippen LogP contribution in [0.2, 0.25) is 0 Å². The van der Waals surface area contributed by atoms with Crippen LogP contribution < -0.4 is 9.67 Å². The minimum absolute atomic E-state index is 0.0871.